The van der Waals surface area contributed by atoms with Gasteiger partial charge in [0.15, 0.2) is 0 Å². The highest BCUT2D eigenvalue weighted by atomic mass is 16.4. The van der Waals surface area contributed by atoms with Gasteiger partial charge in [-0.25, -0.2) is 0 Å². The minimum absolute atomic E-state index is 0.318. The van der Waals surface area contributed by atoms with Crippen molar-refractivity contribution in [2.45, 2.75) is 19.1 Å². The molecule has 7 heteroatoms. The first-order valence-corrected chi connectivity index (χ1v) is 9.13. The van der Waals surface area contributed by atoms with Gasteiger partial charge in [-0.3, -0.25) is 19.5 Å². The van der Waals surface area contributed by atoms with Crippen molar-refractivity contribution in [3.05, 3.63) is 48.3 Å². The van der Waals surface area contributed by atoms with Gasteiger partial charge in [-0.2, -0.15) is 0 Å². The van der Waals surface area contributed by atoms with Crippen molar-refractivity contribution in [3.8, 4) is 0 Å². The first-order valence-electron chi connectivity index (χ1n) is 9.13. The minimum atomic E-state index is -0.715. The molecule has 2 aliphatic heterocycles. The van der Waals surface area contributed by atoms with Crippen molar-refractivity contribution < 1.29 is 18.7 Å². The molecule has 0 amide bonds. The minimum Gasteiger partial charge on any atom is -0.481 e. The van der Waals surface area contributed by atoms with Crippen LogP contribution in [-0.4, -0.2) is 71.1 Å². The van der Waals surface area contributed by atoms with E-state index in [4.69, 9.17) is 8.83 Å². The summed E-state index contributed by atoms with van der Waals surface area (Å²) in [6.45, 7) is 6.22. The second-order valence-electron chi connectivity index (χ2n) is 7.27. The maximum Gasteiger partial charge on any atom is 0.309 e. The van der Waals surface area contributed by atoms with Gasteiger partial charge in [0, 0.05) is 45.3 Å². The summed E-state index contributed by atoms with van der Waals surface area (Å²) in [7, 11) is 0. The molecule has 0 radical (unpaired) electrons. The summed E-state index contributed by atoms with van der Waals surface area (Å²) in [5, 5.41) is 9.62. The molecule has 2 saturated heterocycles. The smallest absolute Gasteiger partial charge is 0.309 e. The zero-order chi connectivity index (χ0) is 17.9. The molecule has 0 unspecified atom stereocenters. The molecule has 0 aromatic carbocycles. The summed E-state index contributed by atoms with van der Waals surface area (Å²) in [6, 6.07) is 8.06. The largest absolute Gasteiger partial charge is 0.481 e. The van der Waals surface area contributed by atoms with Gasteiger partial charge in [0.25, 0.3) is 0 Å². The molecule has 2 aliphatic rings. The van der Waals surface area contributed by atoms with Crippen LogP contribution in [0.5, 0.6) is 0 Å². The van der Waals surface area contributed by atoms with Crippen LogP contribution >= 0.6 is 0 Å². The van der Waals surface area contributed by atoms with Crippen molar-refractivity contribution in [2.24, 2.45) is 5.92 Å². The molecule has 2 aromatic rings. The van der Waals surface area contributed by atoms with E-state index in [1.165, 1.54) is 0 Å². The lowest BCUT2D eigenvalue weighted by atomic mass is 10.1. The summed E-state index contributed by atoms with van der Waals surface area (Å²) < 4.78 is 11.0. The maximum atomic E-state index is 11.7. The van der Waals surface area contributed by atoms with Gasteiger partial charge in [0.05, 0.1) is 31.5 Å². The lowest BCUT2D eigenvalue weighted by molar-refractivity contribution is -0.142. The molecule has 4 rings (SSSR count). The number of hydrogen-bond donors (Lipinski definition) is 1. The first kappa shape index (κ1) is 17.3. The quantitative estimate of drug-likeness (QED) is 0.869. The van der Waals surface area contributed by atoms with Crippen LogP contribution < -0.4 is 0 Å². The Kier molecular flexibility index (Phi) is 5.10. The van der Waals surface area contributed by atoms with Crippen molar-refractivity contribution in [2.75, 3.05) is 39.3 Å². The summed E-state index contributed by atoms with van der Waals surface area (Å²) in [5.74, 6) is 0.772. The van der Waals surface area contributed by atoms with Gasteiger partial charge >= 0.3 is 5.97 Å². The molecule has 2 atom stereocenters. The third-order valence-electron chi connectivity index (χ3n) is 5.36. The molecule has 0 aliphatic carbocycles. The summed E-state index contributed by atoms with van der Waals surface area (Å²) in [4.78, 5) is 18.7. The standard InChI is InChI=1S/C19H25N3O4/c23-19(24)15-9-21(14-18-4-2-8-26-18)12-16-11-20(5-6-22(16)10-15)13-17-3-1-7-25-17/h1-4,7-8,15-16H,5-6,9-14H2,(H,23,24)/t15-,16-/m1/s1. The molecular weight excluding hydrogens is 334 g/mol. The Morgan fingerprint density at radius 3 is 2.23 bits per heavy atom. The van der Waals surface area contributed by atoms with E-state index in [0.717, 1.165) is 44.2 Å². The molecule has 2 fully saturated rings. The van der Waals surface area contributed by atoms with E-state index in [0.29, 0.717) is 25.7 Å². The van der Waals surface area contributed by atoms with Gasteiger partial charge in [-0.1, -0.05) is 0 Å². The van der Waals surface area contributed by atoms with Crippen molar-refractivity contribution in [1.82, 2.24) is 14.7 Å². The van der Waals surface area contributed by atoms with E-state index >= 15 is 0 Å². The highest BCUT2D eigenvalue weighted by Gasteiger charge is 2.36. The van der Waals surface area contributed by atoms with Gasteiger partial charge in [0.1, 0.15) is 11.5 Å². The fourth-order valence-electron chi connectivity index (χ4n) is 4.07. The van der Waals surface area contributed by atoms with Crippen molar-refractivity contribution in [1.29, 1.82) is 0 Å². The lowest BCUT2D eigenvalue weighted by Crippen LogP contribution is -2.55. The van der Waals surface area contributed by atoms with Crippen LogP contribution in [0.15, 0.2) is 45.6 Å². The van der Waals surface area contributed by atoms with E-state index < -0.39 is 5.97 Å². The predicted octanol–water partition coefficient (Wildman–Crippen LogP) is 1.58. The van der Waals surface area contributed by atoms with E-state index in [1.807, 2.05) is 24.3 Å². The number of nitrogens with zero attached hydrogens (tertiary/aromatic N) is 3. The highest BCUT2D eigenvalue weighted by molar-refractivity contribution is 5.70. The fraction of sp³-hybridized carbons (Fsp3) is 0.526. The van der Waals surface area contributed by atoms with Crippen LogP contribution in [0, 0.1) is 5.92 Å². The van der Waals surface area contributed by atoms with Crippen LogP contribution in [0.2, 0.25) is 0 Å². The molecule has 2 aromatic heterocycles. The van der Waals surface area contributed by atoms with E-state index in [1.54, 1.807) is 12.5 Å². The Bertz CT molecular complexity index is 700. The number of aliphatic carboxylic acids is 1. The van der Waals surface area contributed by atoms with Gasteiger partial charge in [-0.05, 0) is 24.3 Å². The Labute approximate surface area is 152 Å². The zero-order valence-electron chi connectivity index (χ0n) is 14.8. The van der Waals surface area contributed by atoms with Crippen molar-refractivity contribution in [3.63, 3.8) is 0 Å². The molecular formula is C19H25N3O4. The Balaban J connectivity index is 1.46. The van der Waals surface area contributed by atoms with Crippen molar-refractivity contribution >= 4 is 5.97 Å². The van der Waals surface area contributed by atoms with E-state index in [-0.39, 0.29) is 5.92 Å². The number of hydrogen-bond acceptors (Lipinski definition) is 6. The van der Waals surface area contributed by atoms with Crippen LogP contribution in [0.25, 0.3) is 0 Å². The molecule has 0 spiro atoms. The SMILES string of the molecule is O=C(O)[C@@H]1CN(Cc2ccco2)C[C@H]2CN(Cc3ccco3)CCN2C1. The second-order valence-corrected chi connectivity index (χ2v) is 7.27. The van der Waals surface area contributed by atoms with Gasteiger partial charge in [0.2, 0.25) is 0 Å². The summed E-state index contributed by atoms with van der Waals surface area (Å²) in [6.07, 6.45) is 3.37. The lowest BCUT2D eigenvalue weighted by Gasteiger charge is -2.41. The molecule has 0 saturated carbocycles. The maximum absolute atomic E-state index is 11.7. The molecule has 0 bridgehead atoms. The van der Waals surface area contributed by atoms with Crippen LogP contribution in [0.4, 0.5) is 0 Å². The second kappa shape index (κ2) is 7.65. The predicted molar refractivity (Wildman–Crippen MR) is 94.5 cm³/mol. The summed E-state index contributed by atoms with van der Waals surface area (Å²) >= 11 is 0. The van der Waals surface area contributed by atoms with Crippen LogP contribution in [0.3, 0.4) is 0 Å². The molecule has 7 nitrogen and oxygen atoms in total. The fourth-order valence-corrected chi connectivity index (χ4v) is 4.07. The normalized spacial score (nSPS) is 25.7. The average molecular weight is 359 g/mol. The number of carboxylic acids is 1. The zero-order valence-corrected chi connectivity index (χ0v) is 14.8. The number of piperazine rings is 1. The Morgan fingerprint density at radius 1 is 0.962 bits per heavy atom. The third kappa shape index (κ3) is 4.00. The summed E-state index contributed by atoms with van der Waals surface area (Å²) in [5.41, 5.74) is 0. The molecule has 4 heterocycles. The van der Waals surface area contributed by atoms with E-state index in [9.17, 15) is 9.90 Å². The van der Waals surface area contributed by atoms with E-state index in [2.05, 4.69) is 14.7 Å². The molecule has 1 N–H and O–H groups in total. The number of carbonyl (C=O) groups is 1. The third-order valence-corrected chi connectivity index (χ3v) is 5.36. The molecule has 26 heavy (non-hydrogen) atoms. The topological polar surface area (TPSA) is 73.3 Å². The van der Waals surface area contributed by atoms with Crippen LogP contribution in [-0.2, 0) is 17.9 Å². The average Bonchev–Trinajstić information content (AvgIpc) is 3.26. The molecule has 140 valence electrons. The number of fused-ring (bicyclic) bond motifs is 1. The van der Waals surface area contributed by atoms with Crippen LogP contribution in [0.1, 0.15) is 11.5 Å². The Morgan fingerprint density at radius 2 is 1.62 bits per heavy atom. The Hall–Kier alpha value is -2.09. The number of carboxylic acid groups (broad SMARTS) is 1. The highest BCUT2D eigenvalue weighted by Crippen LogP contribution is 2.22. The monoisotopic (exact) mass is 359 g/mol. The van der Waals surface area contributed by atoms with Gasteiger partial charge in [-0.15, -0.1) is 0 Å². The number of furan rings is 2. The first-order chi connectivity index (χ1) is 12.7. The van der Waals surface area contributed by atoms with Gasteiger partial charge < -0.3 is 13.9 Å². The number of rotatable bonds is 5.